The minimum atomic E-state index is -0.533. The first-order valence-corrected chi connectivity index (χ1v) is 12.5. The Hall–Kier alpha value is -3.39. The minimum Gasteiger partial charge on any atom is -0.493 e. The normalized spacial score (nSPS) is 11.4. The number of hydrogen-bond donors (Lipinski definition) is 0. The van der Waals surface area contributed by atoms with Gasteiger partial charge in [-0.25, -0.2) is 9.97 Å². The molecule has 0 amide bonds. The van der Waals surface area contributed by atoms with E-state index in [1.54, 1.807) is 30.5 Å². The number of rotatable bonds is 7. The topological polar surface area (TPSA) is 122 Å². The Labute approximate surface area is 227 Å². The maximum absolute atomic E-state index is 13.2. The molecule has 0 spiro atoms. The van der Waals surface area contributed by atoms with Crippen molar-refractivity contribution >= 4 is 61.3 Å². The van der Waals surface area contributed by atoms with Crippen molar-refractivity contribution in [2.24, 2.45) is 5.10 Å². The zero-order chi connectivity index (χ0) is 26.0. The summed E-state index contributed by atoms with van der Waals surface area (Å²) >= 11 is 5.49. The van der Waals surface area contributed by atoms with E-state index < -0.39 is 4.92 Å². The molecule has 2 aromatic heterocycles. The van der Waals surface area contributed by atoms with Crippen LogP contribution in [0.3, 0.4) is 0 Å². The standard InChI is InChI=1S/C24H19BrIN5O5/c1-13(2)23-29-19-6-4-15(25)10-17(19)24(32)30(23)28-11-14-8-18(26)22(20(9-14)35-3)36-21-7-5-16(12-27-21)31(33)34/h4-13H,1-3H3. The molecule has 0 N–H and O–H groups in total. The second-order valence-corrected chi connectivity index (χ2v) is 9.97. The van der Waals surface area contributed by atoms with Crippen molar-refractivity contribution in [2.75, 3.05) is 7.11 Å². The minimum absolute atomic E-state index is 0.0393. The highest BCUT2D eigenvalue weighted by molar-refractivity contribution is 14.1. The molecule has 0 saturated heterocycles. The van der Waals surface area contributed by atoms with Crippen LogP contribution in [-0.2, 0) is 0 Å². The van der Waals surface area contributed by atoms with E-state index >= 15 is 0 Å². The molecule has 4 rings (SSSR count). The molecular weight excluding hydrogens is 645 g/mol. The lowest BCUT2D eigenvalue weighted by Gasteiger charge is -2.13. The second-order valence-electron chi connectivity index (χ2n) is 7.90. The van der Waals surface area contributed by atoms with E-state index in [4.69, 9.17) is 9.47 Å². The Morgan fingerprint density at radius 2 is 2.00 bits per heavy atom. The fourth-order valence-corrected chi connectivity index (χ4v) is 4.43. The summed E-state index contributed by atoms with van der Waals surface area (Å²) in [7, 11) is 1.49. The van der Waals surface area contributed by atoms with Crippen molar-refractivity contribution in [3.63, 3.8) is 0 Å². The summed E-state index contributed by atoms with van der Waals surface area (Å²) < 4.78 is 14.1. The van der Waals surface area contributed by atoms with Crippen LogP contribution < -0.4 is 15.0 Å². The summed E-state index contributed by atoms with van der Waals surface area (Å²) in [5.41, 5.74) is 0.862. The first-order valence-electron chi connectivity index (χ1n) is 10.6. The second kappa shape index (κ2) is 10.7. The molecule has 0 radical (unpaired) electrons. The number of aromatic nitrogens is 3. The van der Waals surface area contributed by atoms with Crippen LogP contribution in [0.15, 0.2) is 63.0 Å². The van der Waals surface area contributed by atoms with Crippen molar-refractivity contribution in [3.05, 3.63) is 88.6 Å². The lowest BCUT2D eigenvalue weighted by atomic mass is 10.2. The van der Waals surface area contributed by atoms with Crippen molar-refractivity contribution in [2.45, 2.75) is 19.8 Å². The summed E-state index contributed by atoms with van der Waals surface area (Å²) in [5, 5.41) is 15.8. The summed E-state index contributed by atoms with van der Waals surface area (Å²) in [6.45, 7) is 3.89. The monoisotopic (exact) mass is 663 g/mol. The van der Waals surface area contributed by atoms with Crippen LogP contribution in [0.25, 0.3) is 10.9 Å². The van der Waals surface area contributed by atoms with Gasteiger partial charge in [0.05, 0.1) is 32.7 Å². The molecule has 12 heteroatoms. The number of hydrogen-bond acceptors (Lipinski definition) is 8. The van der Waals surface area contributed by atoms with E-state index in [1.807, 2.05) is 19.9 Å². The summed E-state index contributed by atoms with van der Waals surface area (Å²) in [6.07, 6.45) is 2.67. The Morgan fingerprint density at radius 3 is 2.64 bits per heavy atom. The lowest BCUT2D eigenvalue weighted by molar-refractivity contribution is -0.385. The van der Waals surface area contributed by atoms with E-state index in [0.717, 1.165) is 10.7 Å². The molecule has 0 aliphatic carbocycles. The van der Waals surface area contributed by atoms with Gasteiger partial charge in [-0.15, -0.1) is 0 Å². The van der Waals surface area contributed by atoms with Gasteiger partial charge in [-0.05, 0) is 58.5 Å². The van der Waals surface area contributed by atoms with Crippen LogP contribution in [0.4, 0.5) is 5.69 Å². The number of methoxy groups -OCH3 is 1. The fourth-order valence-electron chi connectivity index (χ4n) is 3.33. The molecule has 2 aromatic carbocycles. The van der Waals surface area contributed by atoms with Gasteiger partial charge in [-0.1, -0.05) is 29.8 Å². The summed E-state index contributed by atoms with van der Waals surface area (Å²) in [6, 6.07) is 11.6. The van der Waals surface area contributed by atoms with Gasteiger partial charge in [-0.3, -0.25) is 14.9 Å². The van der Waals surface area contributed by atoms with Crippen LogP contribution >= 0.6 is 38.5 Å². The smallest absolute Gasteiger partial charge is 0.287 e. The fraction of sp³-hybridized carbons (Fsp3) is 0.167. The first-order chi connectivity index (χ1) is 17.2. The zero-order valence-electron chi connectivity index (χ0n) is 19.3. The largest absolute Gasteiger partial charge is 0.493 e. The highest BCUT2D eigenvalue weighted by atomic mass is 127. The molecule has 0 atom stereocenters. The molecule has 10 nitrogen and oxygen atoms in total. The predicted molar refractivity (Wildman–Crippen MR) is 147 cm³/mol. The molecule has 36 heavy (non-hydrogen) atoms. The van der Waals surface area contributed by atoms with E-state index in [9.17, 15) is 14.9 Å². The van der Waals surface area contributed by atoms with Gasteiger partial charge in [0.1, 0.15) is 12.0 Å². The number of benzene rings is 2. The third kappa shape index (κ3) is 5.38. The van der Waals surface area contributed by atoms with E-state index in [-0.39, 0.29) is 23.0 Å². The average Bonchev–Trinajstić information content (AvgIpc) is 2.85. The van der Waals surface area contributed by atoms with E-state index in [2.05, 4.69) is 53.6 Å². The van der Waals surface area contributed by atoms with Crippen molar-refractivity contribution in [1.29, 1.82) is 0 Å². The highest BCUT2D eigenvalue weighted by Gasteiger charge is 2.16. The zero-order valence-corrected chi connectivity index (χ0v) is 23.1. The molecule has 0 aliphatic heterocycles. The average molecular weight is 664 g/mol. The number of ether oxygens (including phenoxy) is 2. The lowest BCUT2D eigenvalue weighted by Crippen LogP contribution is -2.23. The molecule has 0 unspecified atom stereocenters. The van der Waals surface area contributed by atoms with Crippen LogP contribution in [0.5, 0.6) is 17.4 Å². The summed E-state index contributed by atoms with van der Waals surface area (Å²) in [4.78, 5) is 32.2. The van der Waals surface area contributed by atoms with Gasteiger partial charge in [0.25, 0.3) is 11.2 Å². The SMILES string of the molecule is COc1cc(C=Nn2c(C(C)C)nc3ccc(Br)cc3c2=O)cc(I)c1Oc1ccc([N+](=O)[O-])cn1. The van der Waals surface area contributed by atoms with Crippen molar-refractivity contribution in [3.8, 4) is 17.4 Å². The maximum Gasteiger partial charge on any atom is 0.287 e. The Kier molecular flexibility index (Phi) is 7.64. The number of halogens is 2. The Bertz CT molecular complexity index is 1550. The number of nitro groups is 1. The first kappa shape index (κ1) is 25.7. The van der Waals surface area contributed by atoms with Crippen LogP contribution in [0.2, 0.25) is 0 Å². The van der Waals surface area contributed by atoms with E-state index in [1.165, 1.54) is 23.9 Å². The van der Waals surface area contributed by atoms with Crippen LogP contribution in [-0.4, -0.2) is 32.9 Å². The van der Waals surface area contributed by atoms with Gasteiger partial charge in [0.2, 0.25) is 5.88 Å². The Balaban J connectivity index is 1.71. The van der Waals surface area contributed by atoms with Gasteiger partial charge < -0.3 is 9.47 Å². The van der Waals surface area contributed by atoms with Crippen LogP contribution in [0.1, 0.15) is 31.2 Å². The van der Waals surface area contributed by atoms with Crippen molar-refractivity contribution in [1.82, 2.24) is 14.6 Å². The van der Waals surface area contributed by atoms with Gasteiger partial charge in [-0.2, -0.15) is 9.78 Å². The maximum atomic E-state index is 13.2. The predicted octanol–water partition coefficient (Wildman–Crippen LogP) is 5.87. The number of nitrogens with zero attached hydrogens (tertiary/aromatic N) is 5. The van der Waals surface area contributed by atoms with Crippen molar-refractivity contribution < 1.29 is 14.4 Å². The van der Waals surface area contributed by atoms with Crippen LogP contribution in [0, 0.1) is 13.7 Å². The third-order valence-electron chi connectivity index (χ3n) is 5.06. The van der Waals surface area contributed by atoms with Gasteiger partial charge in [0.15, 0.2) is 11.5 Å². The third-order valence-corrected chi connectivity index (χ3v) is 6.36. The molecule has 4 aromatic rings. The molecule has 0 fully saturated rings. The van der Waals surface area contributed by atoms with E-state index in [0.29, 0.717) is 37.4 Å². The van der Waals surface area contributed by atoms with Gasteiger partial charge >= 0.3 is 0 Å². The number of fused-ring (bicyclic) bond motifs is 1. The molecule has 2 heterocycles. The van der Waals surface area contributed by atoms with Gasteiger partial charge in [0, 0.05) is 22.5 Å². The molecule has 184 valence electrons. The molecule has 0 bridgehead atoms. The Morgan fingerprint density at radius 1 is 1.22 bits per heavy atom. The summed E-state index contributed by atoms with van der Waals surface area (Å²) in [5.74, 6) is 1.48. The number of pyridine rings is 1. The molecule has 0 aliphatic rings. The highest BCUT2D eigenvalue weighted by Crippen LogP contribution is 2.36. The molecular formula is C24H19BrIN5O5. The quantitative estimate of drug-likeness (QED) is 0.105. The molecule has 0 saturated carbocycles.